The summed E-state index contributed by atoms with van der Waals surface area (Å²) in [7, 11) is 0. The van der Waals surface area contributed by atoms with E-state index >= 15 is 0 Å². The van der Waals surface area contributed by atoms with Crippen molar-refractivity contribution < 1.29 is 22.7 Å². The molecule has 0 saturated carbocycles. The highest BCUT2D eigenvalue weighted by Crippen LogP contribution is 2.31. The van der Waals surface area contributed by atoms with Crippen molar-refractivity contribution in [1.29, 1.82) is 0 Å². The van der Waals surface area contributed by atoms with Gasteiger partial charge in [0.2, 0.25) is 0 Å². The van der Waals surface area contributed by atoms with Crippen LogP contribution in [0, 0.1) is 11.6 Å². The van der Waals surface area contributed by atoms with E-state index in [1.807, 2.05) is 0 Å². The van der Waals surface area contributed by atoms with E-state index in [0.29, 0.717) is 21.2 Å². The number of carbonyl (C=O) groups excluding carboxylic acids is 1. The number of hydrogen-bond acceptors (Lipinski definition) is 3. The third kappa shape index (κ3) is 3.01. The number of benzene rings is 2. The molecule has 3 nitrogen and oxygen atoms in total. The molecule has 1 heterocycles. The highest BCUT2D eigenvalue weighted by atomic mass is 79.9. The third-order valence-electron chi connectivity index (χ3n) is 3.07. The van der Waals surface area contributed by atoms with Gasteiger partial charge in [0.1, 0.15) is 23.0 Å². The van der Waals surface area contributed by atoms with Crippen molar-refractivity contribution in [1.82, 2.24) is 0 Å². The molecular formula is C16H9BrF2O3. The van der Waals surface area contributed by atoms with Gasteiger partial charge in [-0.3, -0.25) is 4.79 Å². The van der Waals surface area contributed by atoms with Gasteiger partial charge in [0, 0.05) is 10.9 Å². The molecule has 0 aliphatic rings. The Kier molecular flexibility index (Phi) is 3.94. The molecule has 2 aromatic carbocycles. The average molecular weight is 367 g/mol. The quantitative estimate of drug-likeness (QED) is 0.501. The van der Waals surface area contributed by atoms with Crippen LogP contribution in [0.25, 0.3) is 11.0 Å². The number of halogens is 3. The summed E-state index contributed by atoms with van der Waals surface area (Å²) in [5.41, 5.74) is 0.972. The van der Waals surface area contributed by atoms with Gasteiger partial charge in [-0.2, -0.15) is 0 Å². The van der Waals surface area contributed by atoms with Crippen molar-refractivity contribution in [2.75, 3.05) is 0 Å². The summed E-state index contributed by atoms with van der Waals surface area (Å²) in [6.07, 6.45) is -0.103. The lowest BCUT2D eigenvalue weighted by Crippen LogP contribution is -2.11. The molecule has 0 aliphatic carbocycles. The molecule has 0 aliphatic heterocycles. The highest BCUT2D eigenvalue weighted by Gasteiger charge is 2.17. The number of carbonyl (C=O) groups is 1. The Morgan fingerprint density at radius 3 is 2.50 bits per heavy atom. The van der Waals surface area contributed by atoms with Gasteiger partial charge in [0.05, 0.1) is 6.42 Å². The highest BCUT2D eigenvalue weighted by molar-refractivity contribution is 9.10. The number of ether oxygens (including phenoxy) is 1. The van der Waals surface area contributed by atoms with Crippen molar-refractivity contribution >= 4 is 32.9 Å². The number of rotatable bonds is 3. The maximum absolute atomic E-state index is 13.3. The minimum Gasteiger partial charge on any atom is -0.449 e. The Morgan fingerprint density at radius 1 is 1.09 bits per heavy atom. The van der Waals surface area contributed by atoms with Gasteiger partial charge in [0.25, 0.3) is 0 Å². The van der Waals surface area contributed by atoms with Gasteiger partial charge in [-0.25, -0.2) is 8.78 Å². The average Bonchev–Trinajstić information content (AvgIpc) is 2.77. The zero-order valence-electron chi connectivity index (χ0n) is 11.1. The molecule has 6 heteroatoms. The maximum atomic E-state index is 13.3. The molecule has 0 N–H and O–H groups in total. The van der Waals surface area contributed by atoms with Crippen molar-refractivity contribution in [3.05, 3.63) is 64.3 Å². The Labute approximate surface area is 132 Å². The van der Waals surface area contributed by atoms with E-state index in [0.717, 1.165) is 0 Å². The minimum atomic E-state index is -0.556. The van der Waals surface area contributed by atoms with Crippen LogP contribution in [-0.2, 0) is 11.2 Å². The summed E-state index contributed by atoms with van der Waals surface area (Å²) >= 11 is 3.21. The summed E-state index contributed by atoms with van der Waals surface area (Å²) in [6.45, 7) is 0. The fourth-order valence-electron chi connectivity index (χ4n) is 2.07. The lowest BCUT2D eigenvalue weighted by Gasteiger charge is -2.03. The first-order valence-electron chi connectivity index (χ1n) is 6.35. The second kappa shape index (κ2) is 5.88. The number of fused-ring (bicyclic) bond motifs is 1. The molecule has 0 spiro atoms. The number of furan rings is 1. The second-order valence-corrected chi connectivity index (χ2v) is 5.32. The van der Waals surface area contributed by atoms with Crippen LogP contribution in [-0.4, -0.2) is 5.97 Å². The summed E-state index contributed by atoms with van der Waals surface area (Å²) in [4.78, 5) is 12.0. The van der Waals surface area contributed by atoms with Crippen LogP contribution in [0.4, 0.5) is 8.78 Å². The van der Waals surface area contributed by atoms with E-state index in [4.69, 9.17) is 9.15 Å². The standard InChI is InChI=1S/C16H9BrF2O3/c17-16-13(12-7-10(19)3-6-14(12)22-16)8-15(20)21-11-4-1-9(18)2-5-11/h1-7H,8H2. The van der Waals surface area contributed by atoms with Crippen LogP contribution in [0.3, 0.4) is 0 Å². The normalized spacial score (nSPS) is 10.9. The van der Waals surface area contributed by atoms with E-state index in [2.05, 4.69) is 15.9 Å². The lowest BCUT2D eigenvalue weighted by atomic mass is 10.1. The molecule has 0 atom stereocenters. The van der Waals surface area contributed by atoms with E-state index < -0.39 is 17.6 Å². The van der Waals surface area contributed by atoms with Gasteiger partial charge in [-0.05, 0) is 58.4 Å². The van der Waals surface area contributed by atoms with Gasteiger partial charge in [-0.15, -0.1) is 0 Å². The van der Waals surface area contributed by atoms with Crippen LogP contribution in [0.15, 0.2) is 51.6 Å². The Bertz CT molecular complexity index is 840. The summed E-state index contributed by atoms with van der Waals surface area (Å²) in [5.74, 6) is -1.16. The third-order valence-corrected chi connectivity index (χ3v) is 3.71. The molecule has 0 bridgehead atoms. The number of hydrogen-bond donors (Lipinski definition) is 0. The van der Waals surface area contributed by atoms with Gasteiger partial charge < -0.3 is 9.15 Å². The van der Waals surface area contributed by atoms with Crippen LogP contribution in [0.5, 0.6) is 5.75 Å². The Hall–Kier alpha value is -2.21. The zero-order chi connectivity index (χ0) is 15.7. The predicted molar refractivity (Wildman–Crippen MR) is 79.6 cm³/mol. The maximum Gasteiger partial charge on any atom is 0.315 e. The fourth-order valence-corrected chi connectivity index (χ4v) is 2.60. The monoisotopic (exact) mass is 366 g/mol. The van der Waals surface area contributed by atoms with Crippen molar-refractivity contribution in [2.45, 2.75) is 6.42 Å². The van der Waals surface area contributed by atoms with Crippen LogP contribution >= 0.6 is 15.9 Å². The SMILES string of the molecule is O=C(Cc1c(Br)oc2ccc(F)cc12)Oc1ccc(F)cc1. The number of esters is 1. The van der Waals surface area contributed by atoms with Gasteiger partial charge in [0.15, 0.2) is 4.67 Å². The molecular weight excluding hydrogens is 358 g/mol. The minimum absolute atomic E-state index is 0.103. The first-order valence-corrected chi connectivity index (χ1v) is 7.15. The molecule has 112 valence electrons. The molecule has 0 unspecified atom stereocenters. The molecule has 0 radical (unpaired) electrons. The van der Waals surface area contributed by atoms with Crippen LogP contribution in [0.1, 0.15) is 5.56 Å². The van der Waals surface area contributed by atoms with Crippen LogP contribution < -0.4 is 4.74 Å². The molecule has 22 heavy (non-hydrogen) atoms. The van der Waals surface area contributed by atoms with E-state index in [-0.39, 0.29) is 12.2 Å². The van der Waals surface area contributed by atoms with Crippen LogP contribution in [0.2, 0.25) is 0 Å². The topological polar surface area (TPSA) is 39.4 Å². The molecule has 0 amide bonds. The van der Waals surface area contributed by atoms with Gasteiger partial charge >= 0.3 is 5.97 Å². The lowest BCUT2D eigenvalue weighted by molar-refractivity contribution is -0.133. The summed E-state index contributed by atoms with van der Waals surface area (Å²) in [6, 6.07) is 9.17. The fraction of sp³-hybridized carbons (Fsp3) is 0.0625. The largest absolute Gasteiger partial charge is 0.449 e. The molecule has 3 rings (SSSR count). The Morgan fingerprint density at radius 2 is 1.77 bits per heavy atom. The Balaban J connectivity index is 1.83. The zero-order valence-corrected chi connectivity index (χ0v) is 12.7. The van der Waals surface area contributed by atoms with E-state index in [9.17, 15) is 13.6 Å². The van der Waals surface area contributed by atoms with Crippen molar-refractivity contribution in [3.63, 3.8) is 0 Å². The first kappa shape index (κ1) is 14.7. The predicted octanol–water partition coefficient (Wildman–Crippen LogP) is 4.62. The van der Waals surface area contributed by atoms with E-state index in [1.165, 1.54) is 42.5 Å². The molecule has 0 fully saturated rings. The van der Waals surface area contributed by atoms with E-state index in [1.54, 1.807) is 0 Å². The first-order chi connectivity index (χ1) is 10.5. The molecule has 0 saturated heterocycles. The summed E-state index contributed by atoms with van der Waals surface area (Å²) in [5, 5.41) is 0.503. The van der Waals surface area contributed by atoms with Crippen molar-refractivity contribution in [3.8, 4) is 5.75 Å². The van der Waals surface area contributed by atoms with Gasteiger partial charge in [-0.1, -0.05) is 0 Å². The summed E-state index contributed by atoms with van der Waals surface area (Å²) < 4.78 is 37.0. The van der Waals surface area contributed by atoms with Crippen molar-refractivity contribution in [2.24, 2.45) is 0 Å². The smallest absolute Gasteiger partial charge is 0.315 e. The second-order valence-electron chi connectivity index (χ2n) is 4.60. The molecule has 3 aromatic rings. The molecule has 1 aromatic heterocycles.